The Balaban J connectivity index is 2.97. The molecule has 8 nitrogen and oxygen atoms in total. The summed E-state index contributed by atoms with van der Waals surface area (Å²) in [5.74, 6) is -10.1. The van der Waals surface area contributed by atoms with Crippen LogP contribution in [0.4, 0.5) is 10.1 Å². The molecule has 1 amide bonds. The predicted molar refractivity (Wildman–Crippen MR) is 72.6 cm³/mol. The van der Waals surface area contributed by atoms with Crippen molar-refractivity contribution in [3.63, 3.8) is 0 Å². The highest BCUT2D eigenvalue weighted by atomic mass is 19.1. The normalized spacial score (nSPS) is 11.1. The first kappa shape index (κ1) is 18.0. The van der Waals surface area contributed by atoms with Crippen molar-refractivity contribution in [1.82, 2.24) is 0 Å². The van der Waals surface area contributed by atoms with Gasteiger partial charge in [-0.2, -0.15) is 0 Å². The molecule has 1 aromatic carbocycles. The Hall–Kier alpha value is -3.10. The standard InChI is InChI=1S/C14H12FNO7/c1-22-13(20)9(11(18)14(21)23-2)10(17)12(19)16-8-5-3-7(15)4-6-8/h3-6,9H,1-2H3,(H,16,19)/t9-/m1/s1. The van der Waals surface area contributed by atoms with Gasteiger partial charge in [-0.1, -0.05) is 0 Å². The van der Waals surface area contributed by atoms with Crippen molar-refractivity contribution in [2.75, 3.05) is 19.5 Å². The van der Waals surface area contributed by atoms with E-state index in [2.05, 4.69) is 14.8 Å². The van der Waals surface area contributed by atoms with Gasteiger partial charge in [0.15, 0.2) is 5.92 Å². The van der Waals surface area contributed by atoms with Crippen LogP contribution in [0.15, 0.2) is 24.3 Å². The summed E-state index contributed by atoms with van der Waals surface area (Å²) in [5.41, 5.74) is 0.0545. The lowest BCUT2D eigenvalue weighted by molar-refractivity contribution is -0.163. The number of halogens is 1. The molecule has 0 unspecified atom stereocenters. The lowest BCUT2D eigenvalue weighted by Crippen LogP contribution is -2.42. The minimum atomic E-state index is -2.27. The number of rotatable bonds is 6. The van der Waals surface area contributed by atoms with Crippen molar-refractivity contribution in [2.45, 2.75) is 0 Å². The summed E-state index contributed by atoms with van der Waals surface area (Å²) in [4.78, 5) is 58.2. The fourth-order valence-electron chi connectivity index (χ4n) is 1.53. The lowest BCUT2D eigenvalue weighted by atomic mass is 9.98. The maximum atomic E-state index is 12.8. The third-order valence-corrected chi connectivity index (χ3v) is 2.67. The van der Waals surface area contributed by atoms with Gasteiger partial charge in [0.25, 0.3) is 11.7 Å². The van der Waals surface area contributed by atoms with Gasteiger partial charge in [-0.3, -0.25) is 19.2 Å². The van der Waals surface area contributed by atoms with Crippen LogP contribution in [-0.4, -0.2) is 43.6 Å². The monoisotopic (exact) mass is 325 g/mol. The Labute approximate surface area is 129 Å². The van der Waals surface area contributed by atoms with E-state index in [1.54, 1.807) is 0 Å². The molecule has 0 spiro atoms. The maximum absolute atomic E-state index is 12.8. The van der Waals surface area contributed by atoms with Crippen LogP contribution >= 0.6 is 0 Å². The molecule has 0 radical (unpaired) electrons. The van der Waals surface area contributed by atoms with Gasteiger partial charge >= 0.3 is 11.9 Å². The number of benzene rings is 1. The third kappa shape index (κ3) is 4.43. The van der Waals surface area contributed by atoms with Gasteiger partial charge in [0.2, 0.25) is 5.78 Å². The summed E-state index contributed by atoms with van der Waals surface area (Å²) in [6, 6.07) is 4.38. The Kier molecular flexibility index (Phi) is 6.07. The Morgan fingerprint density at radius 3 is 2.00 bits per heavy atom. The second-order valence-corrected chi connectivity index (χ2v) is 4.14. The molecule has 122 valence electrons. The highest BCUT2D eigenvalue weighted by Crippen LogP contribution is 2.11. The number of anilines is 1. The number of hydrogen-bond acceptors (Lipinski definition) is 7. The van der Waals surface area contributed by atoms with E-state index in [1.165, 1.54) is 0 Å². The molecule has 0 heterocycles. The molecule has 1 N–H and O–H groups in total. The first-order chi connectivity index (χ1) is 10.8. The van der Waals surface area contributed by atoms with Gasteiger partial charge in [0, 0.05) is 5.69 Å². The molecule has 0 fully saturated rings. The average molecular weight is 325 g/mol. The van der Waals surface area contributed by atoms with E-state index >= 15 is 0 Å². The fraction of sp³-hybridized carbons (Fsp3) is 0.214. The Morgan fingerprint density at radius 2 is 1.52 bits per heavy atom. The number of amides is 1. The summed E-state index contributed by atoms with van der Waals surface area (Å²) >= 11 is 0. The van der Waals surface area contributed by atoms with E-state index in [0.717, 1.165) is 38.5 Å². The second-order valence-electron chi connectivity index (χ2n) is 4.14. The number of hydrogen-bond donors (Lipinski definition) is 1. The Morgan fingerprint density at radius 1 is 0.957 bits per heavy atom. The van der Waals surface area contributed by atoms with Crippen LogP contribution in [0.25, 0.3) is 0 Å². The first-order valence-electron chi connectivity index (χ1n) is 6.12. The van der Waals surface area contributed by atoms with Crippen LogP contribution in [0.1, 0.15) is 0 Å². The van der Waals surface area contributed by atoms with Gasteiger partial charge < -0.3 is 14.8 Å². The van der Waals surface area contributed by atoms with E-state index in [9.17, 15) is 28.4 Å². The first-order valence-corrected chi connectivity index (χ1v) is 6.12. The second kappa shape index (κ2) is 7.78. The highest BCUT2D eigenvalue weighted by Gasteiger charge is 2.42. The third-order valence-electron chi connectivity index (χ3n) is 2.67. The fourth-order valence-corrected chi connectivity index (χ4v) is 1.53. The summed E-state index contributed by atoms with van der Waals surface area (Å²) < 4.78 is 21.1. The van der Waals surface area contributed by atoms with E-state index < -0.39 is 41.1 Å². The number of carbonyl (C=O) groups is 5. The van der Waals surface area contributed by atoms with Gasteiger partial charge in [-0.05, 0) is 24.3 Å². The van der Waals surface area contributed by atoms with Gasteiger partial charge in [0.1, 0.15) is 5.82 Å². The lowest BCUT2D eigenvalue weighted by Gasteiger charge is -2.11. The predicted octanol–water partition coefficient (Wildman–Crippen LogP) is -0.135. The number of Topliss-reactive ketones (excluding diaryl/α,β-unsaturated/α-hetero) is 2. The molecule has 0 aliphatic heterocycles. The zero-order chi connectivity index (χ0) is 17.6. The van der Waals surface area contributed by atoms with Crippen molar-refractivity contribution >= 4 is 35.1 Å². The number of ketones is 2. The van der Waals surface area contributed by atoms with Gasteiger partial charge in [-0.25, -0.2) is 9.18 Å². The molecule has 0 saturated heterocycles. The van der Waals surface area contributed by atoms with Crippen molar-refractivity contribution < 1.29 is 37.8 Å². The van der Waals surface area contributed by atoms with Crippen molar-refractivity contribution in [3.8, 4) is 0 Å². The SMILES string of the molecule is COC(=O)C(=O)[C@H](C(=O)OC)C(=O)C(=O)Nc1ccc(F)cc1. The summed E-state index contributed by atoms with van der Waals surface area (Å²) in [6.07, 6.45) is 0. The number of carbonyl (C=O) groups excluding carboxylic acids is 5. The zero-order valence-corrected chi connectivity index (χ0v) is 12.1. The van der Waals surface area contributed by atoms with Crippen molar-refractivity contribution in [2.24, 2.45) is 5.92 Å². The number of ether oxygens (including phenoxy) is 2. The molecule has 1 rings (SSSR count). The van der Waals surface area contributed by atoms with Crippen LogP contribution in [-0.2, 0) is 33.4 Å². The molecule has 0 saturated carbocycles. The van der Waals surface area contributed by atoms with Crippen LogP contribution in [0.5, 0.6) is 0 Å². The van der Waals surface area contributed by atoms with Gasteiger partial charge in [-0.15, -0.1) is 0 Å². The number of esters is 2. The van der Waals surface area contributed by atoms with Crippen molar-refractivity contribution in [1.29, 1.82) is 0 Å². The molecule has 0 aliphatic carbocycles. The molecule has 0 aromatic heterocycles. The minimum absolute atomic E-state index is 0.0545. The molecule has 0 aliphatic rings. The maximum Gasteiger partial charge on any atom is 0.375 e. The molecule has 23 heavy (non-hydrogen) atoms. The molecule has 1 atom stereocenters. The highest BCUT2D eigenvalue weighted by molar-refractivity contribution is 6.54. The number of nitrogens with one attached hydrogen (secondary N) is 1. The van der Waals surface area contributed by atoms with Crippen molar-refractivity contribution in [3.05, 3.63) is 30.1 Å². The van der Waals surface area contributed by atoms with Crippen LogP contribution in [0.3, 0.4) is 0 Å². The molecule has 1 aromatic rings. The summed E-state index contributed by atoms with van der Waals surface area (Å²) in [6.45, 7) is 0. The molecular weight excluding hydrogens is 313 g/mol. The molecule has 9 heteroatoms. The van der Waals surface area contributed by atoms with Crippen LogP contribution in [0.2, 0.25) is 0 Å². The smallest absolute Gasteiger partial charge is 0.375 e. The summed E-state index contributed by atoms with van der Waals surface area (Å²) in [7, 11) is 1.75. The quantitative estimate of drug-likeness (QED) is 0.440. The zero-order valence-electron chi connectivity index (χ0n) is 12.1. The van der Waals surface area contributed by atoms with Crippen LogP contribution in [0, 0.1) is 11.7 Å². The number of methoxy groups -OCH3 is 2. The van der Waals surface area contributed by atoms with Crippen LogP contribution < -0.4 is 5.32 Å². The van der Waals surface area contributed by atoms with E-state index in [0.29, 0.717) is 0 Å². The molecular formula is C14H12FNO7. The largest absolute Gasteiger partial charge is 0.468 e. The Bertz CT molecular complexity index is 654. The van der Waals surface area contributed by atoms with E-state index in [4.69, 9.17) is 0 Å². The topological polar surface area (TPSA) is 116 Å². The summed E-state index contributed by atoms with van der Waals surface area (Å²) in [5, 5.41) is 2.07. The van der Waals surface area contributed by atoms with E-state index in [-0.39, 0.29) is 5.69 Å². The minimum Gasteiger partial charge on any atom is -0.468 e. The van der Waals surface area contributed by atoms with E-state index in [1.807, 2.05) is 0 Å². The average Bonchev–Trinajstić information content (AvgIpc) is 2.55. The molecule has 0 bridgehead atoms. The van der Waals surface area contributed by atoms with Gasteiger partial charge in [0.05, 0.1) is 14.2 Å².